The molecule has 0 saturated heterocycles. The van der Waals surface area contributed by atoms with Gasteiger partial charge in [-0.2, -0.15) is 0 Å². The third-order valence-corrected chi connectivity index (χ3v) is 3.85. The number of carbonyl (C=O) groups excluding carboxylic acids is 1. The van der Waals surface area contributed by atoms with Crippen molar-refractivity contribution in [3.8, 4) is 5.75 Å². The molecule has 2 aromatic carbocycles. The van der Waals surface area contributed by atoms with Gasteiger partial charge >= 0.3 is 0 Å². The number of aromatic nitrogens is 1. The maximum atomic E-state index is 13.7. The fraction of sp³-hybridized carbons (Fsp3) is 0.0526. The lowest BCUT2D eigenvalue weighted by atomic mass is 10.2. The van der Waals surface area contributed by atoms with Crippen molar-refractivity contribution < 1.29 is 13.9 Å². The first-order valence-electron chi connectivity index (χ1n) is 7.69. The van der Waals surface area contributed by atoms with Crippen LogP contribution in [0.2, 0.25) is 5.02 Å². The van der Waals surface area contributed by atoms with Crippen molar-refractivity contribution in [2.24, 2.45) is 0 Å². The minimum atomic E-state index is -0.511. The van der Waals surface area contributed by atoms with E-state index in [2.05, 4.69) is 15.6 Å². The summed E-state index contributed by atoms with van der Waals surface area (Å²) in [6.45, 7) is 0. The zero-order chi connectivity index (χ0) is 18.5. The molecule has 3 aromatic rings. The van der Waals surface area contributed by atoms with Gasteiger partial charge in [0.25, 0.3) is 5.91 Å². The molecular formula is C19H15ClFN3O2. The Labute approximate surface area is 154 Å². The van der Waals surface area contributed by atoms with E-state index in [0.717, 1.165) is 5.69 Å². The zero-order valence-electron chi connectivity index (χ0n) is 13.8. The van der Waals surface area contributed by atoms with Gasteiger partial charge in [0.05, 0.1) is 17.8 Å². The van der Waals surface area contributed by atoms with Gasteiger partial charge in [0.2, 0.25) is 0 Å². The van der Waals surface area contributed by atoms with Gasteiger partial charge in [0.1, 0.15) is 17.3 Å². The van der Waals surface area contributed by atoms with E-state index in [1.807, 2.05) is 0 Å². The number of hydrogen-bond donors (Lipinski definition) is 2. The normalized spacial score (nSPS) is 10.3. The van der Waals surface area contributed by atoms with Crippen molar-refractivity contribution in [3.05, 3.63) is 77.3 Å². The molecule has 0 radical (unpaired) electrons. The SMILES string of the molecule is COc1ccc(Nc2ccnc(C(=O)Nc3ccccc3F)c2)cc1Cl. The van der Waals surface area contributed by atoms with Crippen LogP contribution in [0.25, 0.3) is 0 Å². The van der Waals surface area contributed by atoms with Gasteiger partial charge < -0.3 is 15.4 Å². The molecule has 1 heterocycles. The summed E-state index contributed by atoms with van der Waals surface area (Å²) in [7, 11) is 1.54. The quantitative estimate of drug-likeness (QED) is 0.671. The number of ether oxygens (including phenoxy) is 1. The molecule has 0 spiro atoms. The smallest absolute Gasteiger partial charge is 0.274 e. The van der Waals surface area contributed by atoms with E-state index >= 15 is 0 Å². The van der Waals surface area contributed by atoms with Crippen LogP contribution >= 0.6 is 11.6 Å². The molecule has 0 fully saturated rings. The van der Waals surface area contributed by atoms with Gasteiger partial charge in [-0.05, 0) is 42.5 Å². The van der Waals surface area contributed by atoms with Gasteiger partial charge in [0, 0.05) is 17.6 Å². The molecule has 0 aliphatic rings. The predicted octanol–water partition coefficient (Wildman–Crippen LogP) is 4.88. The number of methoxy groups -OCH3 is 1. The van der Waals surface area contributed by atoms with E-state index in [4.69, 9.17) is 16.3 Å². The molecule has 7 heteroatoms. The summed E-state index contributed by atoms with van der Waals surface area (Å²) in [4.78, 5) is 16.3. The Bertz CT molecular complexity index is 950. The number of pyridine rings is 1. The van der Waals surface area contributed by atoms with E-state index in [1.165, 1.54) is 25.4 Å². The molecule has 1 aromatic heterocycles. The van der Waals surface area contributed by atoms with Gasteiger partial charge in [-0.25, -0.2) is 4.39 Å². The number of amides is 1. The summed E-state index contributed by atoms with van der Waals surface area (Å²) in [5.74, 6) is -0.452. The molecule has 132 valence electrons. The highest BCUT2D eigenvalue weighted by atomic mass is 35.5. The third-order valence-electron chi connectivity index (χ3n) is 3.56. The van der Waals surface area contributed by atoms with Crippen molar-refractivity contribution in [1.29, 1.82) is 0 Å². The maximum Gasteiger partial charge on any atom is 0.274 e. The van der Waals surface area contributed by atoms with Crippen molar-refractivity contribution in [3.63, 3.8) is 0 Å². The molecular weight excluding hydrogens is 357 g/mol. The van der Waals surface area contributed by atoms with Crippen molar-refractivity contribution >= 4 is 34.6 Å². The fourth-order valence-electron chi connectivity index (χ4n) is 2.29. The fourth-order valence-corrected chi connectivity index (χ4v) is 2.55. The van der Waals surface area contributed by atoms with Crippen LogP contribution < -0.4 is 15.4 Å². The Kier molecular flexibility index (Phi) is 5.34. The van der Waals surface area contributed by atoms with Crippen molar-refractivity contribution in [1.82, 2.24) is 4.98 Å². The first-order valence-corrected chi connectivity index (χ1v) is 8.07. The number of nitrogens with one attached hydrogen (secondary N) is 2. The Hall–Kier alpha value is -3.12. The van der Waals surface area contributed by atoms with E-state index in [1.54, 1.807) is 42.5 Å². The molecule has 1 amide bonds. The highest BCUT2D eigenvalue weighted by Crippen LogP contribution is 2.28. The molecule has 3 rings (SSSR count). The monoisotopic (exact) mass is 371 g/mol. The average molecular weight is 372 g/mol. The minimum Gasteiger partial charge on any atom is -0.495 e. The van der Waals surface area contributed by atoms with Gasteiger partial charge in [-0.3, -0.25) is 9.78 Å². The maximum absolute atomic E-state index is 13.7. The van der Waals surface area contributed by atoms with Crippen LogP contribution in [0.1, 0.15) is 10.5 Å². The van der Waals surface area contributed by atoms with Gasteiger partial charge in [-0.15, -0.1) is 0 Å². The van der Waals surface area contributed by atoms with Crippen LogP contribution in [0.4, 0.5) is 21.5 Å². The molecule has 0 bridgehead atoms. The lowest BCUT2D eigenvalue weighted by Crippen LogP contribution is -2.14. The largest absolute Gasteiger partial charge is 0.495 e. The predicted molar refractivity (Wildman–Crippen MR) is 99.9 cm³/mol. The Morgan fingerprint density at radius 2 is 1.88 bits per heavy atom. The third kappa shape index (κ3) is 4.10. The van der Waals surface area contributed by atoms with Crippen LogP contribution in [0.3, 0.4) is 0 Å². The Morgan fingerprint density at radius 3 is 2.62 bits per heavy atom. The molecule has 5 nitrogen and oxygen atoms in total. The van der Waals surface area contributed by atoms with Crippen LogP contribution in [0.15, 0.2) is 60.8 Å². The van der Waals surface area contributed by atoms with Crippen LogP contribution in [-0.4, -0.2) is 18.0 Å². The number of nitrogens with zero attached hydrogens (tertiary/aromatic N) is 1. The van der Waals surface area contributed by atoms with Gasteiger partial charge in [0.15, 0.2) is 0 Å². The van der Waals surface area contributed by atoms with E-state index in [9.17, 15) is 9.18 Å². The number of rotatable bonds is 5. The second-order valence-corrected chi connectivity index (χ2v) is 5.75. The molecule has 0 aliphatic heterocycles. The number of halogens is 2. The summed E-state index contributed by atoms with van der Waals surface area (Å²) in [6, 6.07) is 14.4. The second kappa shape index (κ2) is 7.84. The van der Waals surface area contributed by atoms with Crippen LogP contribution in [0, 0.1) is 5.82 Å². The van der Waals surface area contributed by atoms with E-state index in [-0.39, 0.29) is 11.4 Å². The highest BCUT2D eigenvalue weighted by molar-refractivity contribution is 6.32. The van der Waals surface area contributed by atoms with Crippen molar-refractivity contribution in [2.75, 3.05) is 17.7 Å². The molecule has 0 unspecified atom stereocenters. The highest BCUT2D eigenvalue weighted by Gasteiger charge is 2.11. The Morgan fingerprint density at radius 1 is 1.12 bits per heavy atom. The van der Waals surface area contributed by atoms with Crippen molar-refractivity contribution in [2.45, 2.75) is 0 Å². The first-order chi connectivity index (χ1) is 12.6. The first kappa shape index (κ1) is 17.7. The van der Waals surface area contributed by atoms with Crippen LogP contribution in [-0.2, 0) is 0 Å². The van der Waals surface area contributed by atoms with Gasteiger partial charge in [-0.1, -0.05) is 23.7 Å². The second-order valence-electron chi connectivity index (χ2n) is 5.34. The molecule has 0 atom stereocenters. The summed E-state index contributed by atoms with van der Waals surface area (Å²) < 4.78 is 18.8. The molecule has 26 heavy (non-hydrogen) atoms. The number of benzene rings is 2. The molecule has 2 N–H and O–H groups in total. The van der Waals surface area contributed by atoms with E-state index in [0.29, 0.717) is 16.5 Å². The average Bonchev–Trinajstić information content (AvgIpc) is 2.64. The summed E-state index contributed by atoms with van der Waals surface area (Å²) >= 11 is 6.11. The number of carbonyl (C=O) groups is 1. The zero-order valence-corrected chi connectivity index (χ0v) is 14.5. The van der Waals surface area contributed by atoms with Crippen LogP contribution in [0.5, 0.6) is 5.75 Å². The molecule has 0 saturated carbocycles. The standard InChI is InChI=1S/C19H15ClFN3O2/c1-26-18-7-6-12(10-14(18)20)23-13-8-9-22-17(11-13)19(25)24-16-5-3-2-4-15(16)21/h2-11H,1H3,(H,22,23)(H,24,25). The topological polar surface area (TPSA) is 63.2 Å². The minimum absolute atomic E-state index is 0.0969. The summed E-state index contributed by atoms with van der Waals surface area (Å²) in [5, 5.41) is 6.09. The molecule has 0 aliphatic carbocycles. The number of anilines is 3. The number of para-hydroxylation sites is 1. The summed E-state index contributed by atoms with van der Waals surface area (Å²) in [6.07, 6.45) is 1.49. The number of hydrogen-bond acceptors (Lipinski definition) is 4. The Balaban J connectivity index is 1.76. The summed E-state index contributed by atoms with van der Waals surface area (Å²) in [5.41, 5.74) is 1.61. The van der Waals surface area contributed by atoms with E-state index < -0.39 is 11.7 Å². The lowest BCUT2D eigenvalue weighted by Gasteiger charge is -2.10. The lowest BCUT2D eigenvalue weighted by molar-refractivity contribution is 0.102.